The molecule has 0 fully saturated rings. The van der Waals surface area contributed by atoms with Gasteiger partial charge in [0.15, 0.2) is 0 Å². The van der Waals surface area contributed by atoms with Crippen molar-refractivity contribution in [2.45, 2.75) is 13.0 Å². The van der Waals surface area contributed by atoms with E-state index in [9.17, 15) is 4.79 Å². The van der Waals surface area contributed by atoms with Crippen molar-refractivity contribution in [2.75, 3.05) is 0 Å². The molecular formula is C15H14N4O. The van der Waals surface area contributed by atoms with Crippen molar-refractivity contribution < 1.29 is 4.79 Å². The Balaban J connectivity index is 1.78. The molecule has 1 aromatic heterocycles. The van der Waals surface area contributed by atoms with E-state index in [2.05, 4.69) is 20.7 Å². The predicted molar refractivity (Wildman–Crippen MR) is 76.2 cm³/mol. The number of amides is 1. The zero-order valence-electron chi connectivity index (χ0n) is 11.0. The molecule has 0 bridgehead atoms. The summed E-state index contributed by atoms with van der Waals surface area (Å²) in [6, 6.07) is 15.1. The van der Waals surface area contributed by atoms with E-state index in [4.69, 9.17) is 0 Å². The largest absolute Gasteiger partial charge is 0.346 e. The second-order valence-electron chi connectivity index (χ2n) is 4.65. The maximum absolute atomic E-state index is 12.2. The molecule has 3 rings (SSSR count). The number of aromatic amines is 1. The summed E-state index contributed by atoms with van der Waals surface area (Å²) in [6.45, 7) is 1.96. The molecule has 5 nitrogen and oxygen atoms in total. The third-order valence-corrected chi connectivity index (χ3v) is 3.24. The second kappa shape index (κ2) is 5.13. The van der Waals surface area contributed by atoms with Crippen molar-refractivity contribution in [2.24, 2.45) is 0 Å². The topological polar surface area (TPSA) is 70.7 Å². The normalized spacial score (nSPS) is 12.2. The molecule has 3 aromatic rings. The monoisotopic (exact) mass is 266 g/mol. The van der Waals surface area contributed by atoms with Crippen LogP contribution < -0.4 is 5.32 Å². The Hall–Kier alpha value is -2.69. The first-order valence-electron chi connectivity index (χ1n) is 6.40. The molecule has 0 saturated carbocycles. The van der Waals surface area contributed by atoms with Crippen LogP contribution in [-0.4, -0.2) is 21.3 Å². The maximum atomic E-state index is 12.2. The zero-order chi connectivity index (χ0) is 13.9. The van der Waals surface area contributed by atoms with Crippen molar-refractivity contribution >= 4 is 16.9 Å². The highest BCUT2D eigenvalue weighted by Gasteiger charge is 2.12. The van der Waals surface area contributed by atoms with E-state index < -0.39 is 0 Å². The lowest BCUT2D eigenvalue weighted by atomic mass is 10.1. The SMILES string of the molecule is CC(NC(=O)c1ccc2[nH]nnc2c1)c1ccccc1. The van der Waals surface area contributed by atoms with Gasteiger partial charge in [-0.25, -0.2) is 0 Å². The minimum absolute atomic E-state index is 0.0447. The highest BCUT2D eigenvalue weighted by atomic mass is 16.1. The van der Waals surface area contributed by atoms with E-state index in [0.29, 0.717) is 11.1 Å². The molecule has 0 aliphatic rings. The molecule has 1 atom stereocenters. The van der Waals surface area contributed by atoms with E-state index in [-0.39, 0.29) is 11.9 Å². The Morgan fingerprint density at radius 3 is 2.80 bits per heavy atom. The van der Waals surface area contributed by atoms with E-state index in [0.717, 1.165) is 11.1 Å². The van der Waals surface area contributed by atoms with E-state index >= 15 is 0 Å². The van der Waals surface area contributed by atoms with Gasteiger partial charge in [-0.2, -0.15) is 0 Å². The van der Waals surface area contributed by atoms with Gasteiger partial charge in [-0.3, -0.25) is 9.89 Å². The fourth-order valence-corrected chi connectivity index (χ4v) is 2.09. The number of nitrogens with one attached hydrogen (secondary N) is 2. The van der Waals surface area contributed by atoms with Crippen LogP contribution >= 0.6 is 0 Å². The third-order valence-electron chi connectivity index (χ3n) is 3.24. The van der Waals surface area contributed by atoms with Crippen molar-refractivity contribution in [3.05, 3.63) is 59.7 Å². The number of rotatable bonds is 3. The van der Waals surface area contributed by atoms with Gasteiger partial charge in [0.05, 0.1) is 11.6 Å². The number of benzene rings is 2. The van der Waals surface area contributed by atoms with Crippen LogP contribution in [0.1, 0.15) is 28.9 Å². The number of H-pyrrole nitrogens is 1. The molecule has 0 spiro atoms. The molecule has 0 saturated heterocycles. The van der Waals surface area contributed by atoms with Gasteiger partial charge in [-0.15, -0.1) is 5.10 Å². The molecule has 100 valence electrons. The Labute approximate surface area is 116 Å². The summed E-state index contributed by atoms with van der Waals surface area (Å²) < 4.78 is 0. The van der Waals surface area contributed by atoms with Gasteiger partial charge >= 0.3 is 0 Å². The van der Waals surface area contributed by atoms with Gasteiger partial charge in [0, 0.05) is 5.56 Å². The minimum Gasteiger partial charge on any atom is -0.346 e. The van der Waals surface area contributed by atoms with Gasteiger partial charge in [0.1, 0.15) is 5.52 Å². The standard InChI is InChI=1S/C15H14N4O/c1-10(11-5-3-2-4-6-11)16-15(20)12-7-8-13-14(9-12)18-19-17-13/h2-10H,1H3,(H,16,20)(H,17,18,19). The molecule has 0 aliphatic heterocycles. The van der Waals surface area contributed by atoms with Crippen LogP contribution in [0.3, 0.4) is 0 Å². The average molecular weight is 266 g/mol. The Morgan fingerprint density at radius 2 is 2.00 bits per heavy atom. The van der Waals surface area contributed by atoms with E-state index in [1.807, 2.05) is 37.3 Å². The average Bonchev–Trinajstić information content (AvgIpc) is 2.95. The quantitative estimate of drug-likeness (QED) is 0.765. The van der Waals surface area contributed by atoms with Gasteiger partial charge in [-0.05, 0) is 30.7 Å². The van der Waals surface area contributed by atoms with Crippen molar-refractivity contribution in [1.82, 2.24) is 20.7 Å². The maximum Gasteiger partial charge on any atom is 0.251 e. The first kappa shape index (κ1) is 12.3. The van der Waals surface area contributed by atoms with Gasteiger partial charge < -0.3 is 5.32 Å². The van der Waals surface area contributed by atoms with Crippen molar-refractivity contribution in [3.8, 4) is 0 Å². The van der Waals surface area contributed by atoms with Crippen LogP contribution in [0.2, 0.25) is 0 Å². The number of hydrogen-bond acceptors (Lipinski definition) is 3. The zero-order valence-corrected chi connectivity index (χ0v) is 11.0. The summed E-state index contributed by atoms with van der Waals surface area (Å²) in [6.07, 6.45) is 0. The predicted octanol–water partition coefficient (Wildman–Crippen LogP) is 2.45. The molecule has 1 amide bonds. The van der Waals surface area contributed by atoms with Gasteiger partial charge in [0.2, 0.25) is 0 Å². The highest BCUT2D eigenvalue weighted by Crippen LogP contribution is 2.14. The molecule has 2 aromatic carbocycles. The fourth-order valence-electron chi connectivity index (χ4n) is 2.09. The molecule has 20 heavy (non-hydrogen) atoms. The Kier molecular flexibility index (Phi) is 3.16. The van der Waals surface area contributed by atoms with Crippen LogP contribution in [0.4, 0.5) is 0 Å². The summed E-state index contributed by atoms with van der Waals surface area (Å²) in [5.74, 6) is -0.119. The second-order valence-corrected chi connectivity index (χ2v) is 4.65. The lowest BCUT2D eigenvalue weighted by Gasteiger charge is -2.14. The lowest BCUT2D eigenvalue weighted by Crippen LogP contribution is -2.26. The fraction of sp³-hybridized carbons (Fsp3) is 0.133. The highest BCUT2D eigenvalue weighted by molar-refractivity contribution is 5.97. The Bertz CT molecular complexity index is 736. The molecule has 1 unspecified atom stereocenters. The van der Waals surface area contributed by atoms with Crippen LogP contribution in [0.5, 0.6) is 0 Å². The minimum atomic E-state index is -0.119. The van der Waals surface area contributed by atoms with E-state index in [1.54, 1.807) is 18.2 Å². The molecule has 1 heterocycles. The lowest BCUT2D eigenvalue weighted by molar-refractivity contribution is 0.0940. The number of carbonyl (C=O) groups is 1. The smallest absolute Gasteiger partial charge is 0.251 e. The summed E-state index contributed by atoms with van der Waals surface area (Å²) in [7, 11) is 0. The molecule has 0 radical (unpaired) electrons. The van der Waals surface area contributed by atoms with Crippen LogP contribution in [0.15, 0.2) is 48.5 Å². The number of aromatic nitrogens is 3. The molecule has 5 heteroatoms. The number of nitrogens with zero attached hydrogens (tertiary/aromatic N) is 2. The summed E-state index contributed by atoms with van der Waals surface area (Å²) in [4.78, 5) is 12.2. The first-order valence-corrected chi connectivity index (χ1v) is 6.40. The van der Waals surface area contributed by atoms with Gasteiger partial charge in [-0.1, -0.05) is 35.5 Å². The van der Waals surface area contributed by atoms with Crippen LogP contribution in [0.25, 0.3) is 11.0 Å². The third kappa shape index (κ3) is 2.38. The number of hydrogen-bond donors (Lipinski definition) is 2. The Morgan fingerprint density at radius 1 is 1.20 bits per heavy atom. The van der Waals surface area contributed by atoms with Crippen LogP contribution in [0, 0.1) is 0 Å². The molecule has 0 aliphatic carbocycles. The van der Waals surface area contributed by atoms with Gasteiger partial charge in [0.25, 0.3) is 5.91 Å². The van der Waals surface area contributed by atoms with Crippen molar-refractivity contribution in [3.63, 3.8) is 0 Å². The van der Waals surface area contributed by atoms with Crippen LogP contribution in [-0.2, 0) is 0 Å². The summed E-state index contributed by atoms with van der Waals surface area (Å²) >= 11 is 0. The van der Waals surface area contributed by atoms with E-state index in [1.165, 1.54) is 0 Å². The molecular weight excluding hydrogens is 252 g/mol. The summed E-state index contributed by atoms with van der Waals surface area (Å²) in [5.41, 5.74) is 3.15. The number of fused-ring (bicyclic) bond motifs is 1. The van der Waals surface area contributed by atoms with Crippen molar-refractivity contribution in [1.29, 1.82) is 0 Å². The molecule has 2 N–H and O–H groups in total. The summed E-state index contributed by atoms with van der Waals surface area (Å²) in [5, 5.41) is 13.3. The number of carbonyl (C=O) groups excluding carboxylic acids is 1. The first-order chi connectivity index (χ1) is 9.74.